The Morgan fingerprint density at radius 1 is 0.694 bits per heavy atom. The molecule has 0 spiro atoms. The molecule has 8 rings (SSSR count). The van der Waals surface area contributed by atoms with Gasteiger partial charge in [-0.2, -0.15) is 10.2 Å². The van der Waals surface area contributed by atoms with Gasteiger partial charge in [-0.15, -0.1) is 0 Å². The maximum absolute atomic E-state index is 13.0. The van der Waals surface area contributed by atoms with Crippen molar-refractivity contribution in [2.45, 2.75) is 84.1 Å². The summed E-state index contributed by atoms with van der Waals surface area (Å²) in [5.41, 5.74) is 2.83. The molecule has 2 aliphatic heterocycles. The van der Waals surface area contributed by atoms with Gasteiger partial charge in [0.25, 0.3) is 11.8 Å². The molecule has 10 nitrogen and oxygen atoms in total. The Bertz CT molecular complexity index is 1740. The highest BCUT2D eigenvalue weighted by molar-refractivity contribution is 5.93. The van der Waals surface area contributed by atoms with E-state index in [1.54, 1.807) is 0 Å². The number of carbonyl (C=O) groups is 2. The van der Waals surface area contributed by atoms with E-state index < -0.39 is 0 Å². The lowest BCUT2D eigenvalue weighted by molar-refractivity contribution is 0.0741. The summed E-state index contributed by atoms with van der Waals surface area (Å²) < 4.78 is 15.4. The number of fused-ring (bicyclic) bond motifs is 2. The Hall–Kier alpha value is -4.60. The predicted molar refractivity (Wildman–Crippen MR) is 187 cm³/mol. The third-order valence-electron chi connectivity index (χ3n) is 9.97. The lowest BCUT2D eigenvalue weighted by atomic mass is 10.0. The summed E-state index contributed by atoms with van der Waals surface area (Å²) in [4.78, 5) is 29.9. The zero-order valence-electron chi connectivity index (χ0n) is 29.0. The van der Waals surface area contributed by atoms with E-state index in [1.165, 1.54) is 25.7 Å². The van der Waals surface area contributed by atoms with Gasteiger partial charge in [-0.1, -0.05) is 36.4 Å². The standard InChI is InChI=1S/C20H25N3O2.C19H23N3O2/c1-20(2)10-11-22(13-15-8-9-15)19(24)18-12-16(21-23(18)20)14-25-17-6-4-3-5-7-17;1-14-9-10-21(12-15-7-8-15)19(23)18-11-16(20-22(14)18)13-24-17-5-3-2-4-6-17/h3-7,12,15H,8-11,13-14H2,1-2H3;2-6,11,14-15H,7-10,12-13H2,1H3. The van der Waals surface area contributed by atoms with Crippen molar-refractivity contribution in [1.29, 1.82) is 0 Å². The summed E-state index contributed by atoms with van der Waals surface area (Å²) in [7, 11) is 0. The molecule has 2 amide bonds. The van der Waals surface area contributed by atoms with Crippen LogP contribution >= 0.6 is 0 Å². The molecule has 1 atom stereocenters. The third kappa shape index (κ3) is 8.00. The van der Waals surface area contributed by atoms with E-state index in [0.717, 1.165) is 61.9 Å². The van der Waals surface area contributed by atoms with Gasteiger partial charge < -0.3 is 19.3 Å². The van der Waals surface area contributed by atoms with Crippen LogP contribution in [0.5, 0.6) is 11.5 Å². The van der Waals surface area contributed by atoms with E-state index >= 15 is 0 Å². The van der Waals surface area contributed by atoms with Crippen molar-refractivity contribution in [2.24, 2.45) is 11.8 Å². The highest BCUT2D eigenvalue weighted by Gasteiger charge is 2.37. The first-order valence-corrected chi connectivity index (χ1v) is 17.9. The first-order valence-electron chi connectivity index (χ1n) is 17.9. The fourth-order valence-corrected chi connectivity index (χ4v) is 6.55. The molecule has 4 aliphatic rings. The number of rotatable bonds is 10. The molecule has 0 saturated heterocycles. The Morgan fingerprint density at radius 3 is 1.78 bits per heavy atom. The van der Waals surface area contributed by atoms with Crippen LogP contribution in [0.1, 0.15) is 97.7 Å². The van der Waals surface area contributed by atoms with Gasteiger partial charge in [0.15, 0.2) is 0 Å². The first kappa shape index (κ1) is 32.9. The van der Waals surface area contributed by atoms with E-state index in [-0.39, 0.29) is 23.4 Å². The molecule has 2 fully saturated rings. The summed E-state index contributed by atoms with van der Waals surface area (Å²) in [6.07, 6.45) is 6.89. The molecule has 2 aromatic heterocycles. The van der Waals surface area contributed by atoms with Crippen molar-refractivity contribution in [1.82, 2.24) is 29.4 Å². The molecule has 2 saturated carbocycles. The minimum atomic E-state index is -0.172. The third-order valence-corrected chi connectivity index (χ3v) is 9.97. The molecule has 0 radical (unpaired) electrons. The predicted octanol–water partition coefficient (Wildman–Crippen LogP) is 6.73. The molecule has 0 N–H and O–H groups in total. The Labute approximate surface area is 289 Å². The van der Waals surface area contributed by atoms with Crippen LogP contribution in [0.15, 0.2) is 72.8 Å². The minimum absolute atomic E-state index is 0.107. The monoisotopic (exact) mass is 664 g/mol. The number of amides is 2. The topological polar surface area (TPSA) is 94.7 Å². The molecule has 4 heterocycles. The lowest BCUT2D eigenvalue weighted by Gasteiger charge is -2.25. The fraction of sp³-hybridized carbons (Fsp3) is 0.487. The van der Waals surface area contributed by atoms with Crippen molar-refractivity contribution in [3.63, 3.8) is 0 Å². The zero-order valence-corrected chi connectivity index (χ0v) is 29.0. The summed E-state index contributed by atoms with van der Waals surface area (Å²) in [6.45, 7) is 10.6. The van der Waals surface area contributed by atoms with Crippen LogP contribution < -0.4 is 9.47 Å². The summed E-state index contributed by atoms with van der Waals surface area (Å²) in [5.74, 6) is 3.25. The van der Waals surface area contributed by atoms with Gasteiger partial charge in [0.1, 0.15) is 47.5 Å². The number of hydrogen-bond donors (Lipinski definition) is 0. The fourth-order valence-electron chi connectivity index (χ4n) is 6.55. The van der Waals surface area contributed by atoms with E-state index in [2.05, 4.69) is 25.9 Å². The maximum atomic E-state index is 13.0. The number of benzene rings is 2. The van der Waals surface area contributed by atoms with Crippen molar-refractivity contribution in [3.8, 4) is 11.5 Å². The van der Waals surface area contributed by atoms with Crippen LogP contribution in [0, 0.1) is 11.8 Å². The second-order valence-electron chi connectivity index (χ2n) is 14.7. The average molecular weight is 665 g/mol. The smallest absolute Gasteiger partial charge is 0.272 e. The van der Waals surface area contributed by atoms with Crippen molar-refractivity contribution in [2.75, 3.05) is 26.2 Å². The van der Waals surface area contributed by atoms with Gasteiger partial charge in [0, 0.05) is 26.2 Å². The van der Waals surface area contributed by atoms with Gasteiger partial charge in [-0.05, 0) is 108 Å². The quantitative estimate of drug-likeness (QED) is 0.187. The molecule has 49 heavy (non-hydrogen) atoms. The highest BCUT2D eigenvalue weighted by atomic mass is 16.5. The Morgan fingerprint density at radius 2 is 1.20 bits per heavy atom. The number of nitrogens with zero attached hydrogens (tertiary/aromatic N) is 6. The molecule has 258 valence electrons. The average Bonchev–Trinajstić information content (AvgIpc) is 4.04. The number of carbonyl (C=O) groups excluding carboxylic acids is 2. The molecular weight excluding hydrogens is 616 g/mol. The number of hydrogen-bond acceptors (Lipinski definition) is 6. The molecule has 0 bridgehead atoms. The van der Waals surface area contributed by atoms with E-state index in [1.807, 2.05) is 92.0 Å². The summed E-state index contributed by atoms with van der Waals surface area (Å²) in [6, 6.07) is 23.4. The summed E-state index contributed by atoms with van der Waals surface area (Å²) >= 11 is 0. The van der Waals surface area contributed by atoms with Crippen LogP contribution in [0.2, 0.25) is 0 Å². The normalized spacial score (nSPS) is 20.0. The Kier molecular flexibility index (Phi) is 9.47. The second kappa shape index (κ2) is 14.1. The van der Waals surface area contributed by atoms with E-state index in [4.69, 9.17) is 14.6 Å². The van der Waals surface area contributed by atoms with E-state index in [9.17, 15) is 9.59 Å². The highest BCUT2D eigenvalue weighted by Crippen LogP contribution is 2.34. The zero-order chi connectivity index (χ0) is 34.0. The molecular formula is C39H48N6O4. The van der Waals surface area contributed by atoms with Gasteiger partial charge in [0.2, 0.25) is 0 Å². The van der Waals surface area contributed by atoms with Gasteiger partial charge in [-0.25, -0.2) is 0 Å². The SMILES string of the molecule is CC1(C)CCN(CC2CC2)C(=O)c2cc(COc3ccccc3)nn21.CC1CCN(CC2CC2)C(=O)c2cc(COc3ccccc3)nn21. The molecule has 4 aromatic rings. The van der Waals surface area contributed by atoms with Crippen LogP contribution in [0.3, 0.4) is 0 Å². The lowest BCUT2D eigenvalue weighted by Crippen LogP contribution is -2.33. The van der Waals surface area contributed by atoms with Gasteiger partial charge in [-0.3, -0.25) is 19.0 Å². The second-order valence-corrected chi connectivity index (χ2v) is 14.7. The molecule has 2 aliphatic carbocycles. The number of aromatic nitrogens is 4. The minimum Gasteiger partial charge on any atom is -0.487 e. The summed E-state index contributed by atoms with van der Waals surface area (Å²) in [5, 5.41) is 9.33. The van der Waals surface area contributed by atoms with Gasteiger partial charge >= 0.3 is 0 Å². The largest absolute Gasteiger partial charge is 0.487 e. The van der Waals surface area contributed by atoms with Crippen LogP contribution in [-0.4, -0.2) is 67.4 Å². The van der Waals surface area contributed by atoms with E-state index in [0.29, 0.717) is 36.4 Å². The number of para-hydroxylation sites is 2. The molecule has 10 heteroatoms. The molecule has 1 unspecified atom stereocenters. The Balaban J connectivity index is 0.000000154. The van der Waals surface area contributed by atoms with Crippen LogP contribution in [0.4, 0.5) is 0 Å². The van der Waals surface area contributed by atoms with Crippen LogP contribution in [0.25, 0.3) is 0 Å². The first-order chi connectivity index (χ1) is 23.7. The van der Waals surface area contributed by atoms with Crippen LogP contribution in [-0.2, 0) is 18.8 Å². The number of ether oxygens (including phenoxy) is 2. The maximum Gasteiger partial charge on any atom is 0.272 e. The van der Waals surface area contributed by atoms with Crippen molar-refractivity contribution in [3.05, 3.63) is 95.6 Å². The molecule has 2 aromatic carbocycles. The van der Waals surface area contributed by atoms with Crippen molar-refractivity contribution >= 4 is 11.8 Å². The van der Waals surface area contributed by atoms with Crippen molar-refractivity contribution < 1.29 is 19.1 Å². The van der Waals surface area contributed by atoms with Gasteiger partial charge in [0.05, 0.1) is 11.6 Å².